The van der Waals surface area contributed by atoms with Gasteiger partial charge in [0.15, 0.2) is 9.84 Å². The molecule has 1 aliphatic heterocycles. The van der Waals surface area contributed by atoms with Crippen molar-refractivity contribution in [2.75, 3.05) is 0 Å². The fourth-order valence-electron chi connectivity index (χ4n) is 1.28. The number of hydrogen-bond acceptors (Lipinski definition) is 2. The van der Waals surface area contributed by atoms with Gasteiger partial charge in [-0.3, -0.25) is 0 Å². The Labute approximate surface area is 81.8 Å². The smallest absolute Gasteiger partial charge is 0.200 e. The predicted molar refractivity (Wildman–Crippen MR) is 52.2 cm³/mol. The normalized spacial score (nSPS) is 17.3. The van der Waals surface area contributed by atoms with E-state index >= 15 is 0 Å². The van der Waals surface area contributed by atoms with Gasteiger partial charge in [0.1, 0.15) is 0 Å². The van der Waals surface area contributed by atoms with Crippen molar-refractivity contribution in [2.24, 2.45) is 0 Å². The molecule has 0 fully saturated rings. The van der Waals surface area contributed by atoms with E-state index in [1.807, 2.05) is 6.07 Å². The molecule has 0 aliphatic carbocycles. The summed E-state index contributed by atoms with van der Waals surface area (Å²) in [6.45, 7) is 0. The summed E-state index contributed by atoms with van der Waals surface area (Å²) < 4.78 is 22.8. The maximum Gasteiger partial charge on any atom is 0.200 e. The number of rotatable bonds is 1. The summed E-state index contributed by atoms with van der Waals surface area (Å²) >= 11 is 5.61. The van der Waals surface area contributed by atoms with E-state index in [2.05, 4.69) is 0 Å². The molecule has 0 saturated heterocycles. The summed E-state index contributed by atoms with van der Waals surface area (Å²) in [7, 11) is -3.18. The van der Waals surface area contributed by atoms with E-state index in [0.29, 0.717) is 10.8 Å². The molecule has 68 valence electrons. The van der Waals surface area contributed by atoms with Crippen LogP contribution in [-0.2, 0) is 15.7 Å². The highest BCUT2D eigenvalue weighted by Crippen LogP contribution is 2.27. The maximum absolute atomic E-state index is 11.4. The van der Waals surface area contributed by atoms with Crippen molar-refractivity contribution in [1.29, 1.82) is 0 Å². The zero-order valence-corrected chi connectivity index (χ0v) is 8.27. The van der Waals surface area contributed by atoms with Crippen LogP contribution in [-0.4, -0.2) is 8.42 Å². The molecule has 0 radical (unpaired) electrons. The Hall–Kier alpha value is -0.800. The number of hydrogen-bond donors (Lipinski definition) is 0. The lowest BCUT2D eigenvalue weighted by Gasteiger charge is -2.00. The van der Waals surface area contributed by atoms with Crippen LogP contribution < -0.4 is 0 Å². The molecule has 0 amide bonds. The largest absolute Gasteiger partial charge is 0.219 e. The van der Waals surface area contributed by atoms with Crippen molar-refractivity contribution in [3.8, 4) is 0 Å². The maximum atomic E-state index is 11.4. The van der Waals surface area contributed by atoms with Gasteiger partial charge in [0.2, 0.25) is 0 Å². The van der Waals surface area contributed by atoms with Crippen molar-refractivity contribution in [3.63, 3.8) is 0 Å². The monoisotopic (exact) mass is 214 g/mol. The van der Waals surface area contributed by atoms with E-state index in [9.17, 15) is 8.42 Å². The Balaban J connectivity index is 2.68. The lowest BCUT2D eigenvalue weighted by atomic mass is 10.1. The summed E-state index contributed by atoms with van der Waals surface area (Å²) in [4.78, 5) is 0.366. The predicted octanol–water partition coefficient (Wildman–Crippen LogP) is 2.18. The first-order valence-corrected chi connectivity index (χ1v) is 5.83. The molecule has 1 aromatic carbocycles. The molecule has 1 aromatic rings. The molecule has 1 heterocycles. The lowest BCUT2D eigenvalue weighted by molar-refractivity contribution is 0.605. The minimum absolute atomic E-state index is 0.336. The third kappa shape index (κ3) is 1.38. The highest BCUT2D eigenvalue weighted by atomic mass is 35.5. The SMILES string of the molecule is O=S1(=O)C=Cc2ccc(CCl)cc21. The highest BCUT2D eigenvalue weighted by Gasteiger charge is 2.20. The minimum atomic E-state index is -3.18. The van der Waals surface area contributed by atoms with E-state index in [-0.39, 0.29) is 0 Å². The quantitative estimate of drug-likeness (QED) is 0.672. The van der Waals surface area contributed by atoms with Crippen LogP contribution >= 0.6 is 11.6 Å². The molecule has 2 rings (SSSR count). The average Bonchev–Trinajstić information content (AvgIpc) is 2.42. The molecule has 0 saturated carbocycles. The minimum Gasteiger partial charge on any atom is -0.219 e. The number of alkyl halides is 1. The molecule has 13 heavy (non-hydrogen) atoms. The second-order valence-corrected chi connectivity index (χ2v) is 4.92. The Morgan fingerprint density at radius 3 is 2.77 bits per heavy atom. The van der Waals surface area contributed by atoms with Crippen molar-refractivity contribution < 1.29 is 8.42 Å². The molecular formula is C9H7ClO2S. The first-order valence-electron chi connectivity index (χ1n) is 3.75. The number of sulfone groups is 1. The molecule has 0 unspecified atom stereocenters. The molecule has 0 spiro atoms. The van der Waals surface area contributed by atoms with Gasteiger partial charge >= 0.3 is 0 Å². The molecule has 4 heteroatoms. The van der Waals surface area contributed by atoms with Gasteiger partial charge in [-0.2, -0.15) is 0 Å². The zero-order valence-electron chi connectivity index (χ0n) is 6.70. The van der Waals surface area contributed by atoms with Gasteiger partial charge < -0.3 is 0 Å². The van der Waals surface area contributed by atoms with E-state index in [4.69, 9.17) is 11.6 Å². The molecule has 0 atom stereocenters. The molecule has 0 aromatic heterocycles. The van der Waals surface area contributed by atoms with Crippen LogP contribution in [0.2, 0.25) is 0 Å². The van der Waals surface area contributed by atoms with Gasteiger partial charge in [-0.15, -0.1) is 11.6 Å². The Morgan fingerprint density at radius 2 is 2.08 bits per heavy atom. The van der Waals surface area contributed by atoms with Crippen molar-refractivity contribution in [2.45, 2.75) is 10.8 Å². The summed E-state index contributed by atoms with van der Waals surface area (Å²) in [6.07, 6.45) is 1.60. The van der Waals surface area contributed by atoms with Gasteiger partial charge in [-0.25, -0.2) is 8.42 Å². The van der Waals surface area contributed by atoms with Crippen LogP contribution in [0.5, 0.6) is 0 Å². The summed E-state index contributed by atoms with van der Waals surface area (Å²) in [6, 6.07) is 5.22. The van der Waals surface area contributed by atoms with Gasteiger partial charge in [0.05, 0.1) is 4.90 Å². The molecule has 0 N–H and O–H groups in total. The first-order chi connectivity index (χ1) is 6.13. The zero-order chi connectivity index (χ0) is 9.47. The second-order valence-electron chi connectivity index (χ2n) is 2.85. The first kappa shape index (κ1) is 8.78. The van der Waals surface area contributed by atoms with Crippen LogP contribution in [0.25, 0.3) is 6.08 Å². The average molecular weight is 215 g/mol. The van der Waals surface area contributed by atoms with Crippen LogP contribution in [0.4, 0.5) is 0 Å². The Kier molecular flexibility index (Phi) is 1.93. The fraction of sp³-hybridized carbons (Fsp3) is 0.111. The van der Waals surface area contributed by atoms with Gasteiger partial charge in [-0.05, 0) is 23.3 Å². The summed E-state index contributed by atoms with van der Waals surface area (Å²) in [5.74, 6) is 0.336. The molecule has 0 bridgehead atoms. The van der Waals surface area contributed by atoms with Crippen LogP contribution in [0.3, 0.4) is 0 Å². The van der Waals surface area contributed by atoms with E-state index in [0.717, 1.165) is 11.1 Å². The fourth-order valence-corrected chi connectivity index (χ4v) is 2.70. The second kappa shape index (κ2) is 2.86. The standard InChI is InChI=1S/C9H7ClO2S/c10-6-7-1-2-8-3-4-13(11,12)9(8)5-7/h1-5H,6H2. The van der Waals surface area contributed by atoms with Crippen molar-refractivity contribution in [1.82, 2.24) is 0 Å². The highest BCUT2D eigenvalue weighted by molar-refractivity contribution is 7.94. The van der Waals surface area contributed by atoms with Gasteiger partial charge in [0.25, 0.3) is 0 Å². The van der Waals surface area contributed by atoms with Gasteiger partial charge in [0, 0.05) is 11.3 Å². The number of fused-ring (bicyclic) bond motifs is 1. The van der Waals surface area contributed by atoms with Crippen LogP contribution in [0.1, 0.15) is 11.1 Å². The lowest BCUT2D eigenvalue weighted by Crippen LogP contribution is -1.94. The number of halogens is 1. The third-order valence-corrected chi connectivity index (χ3v) is 3.74. The van der Waals surface area contributed by atoms with Crippen LogP contribution in [0, 0.1) is 0 Å². The van der Waals surface area contributed by atoms with E-state index in [1.54, 1.807) is 18.2 Å². The molecular weight excluding hydrogens is 208 g/mol. The van der Waals surface area contributed by atoms with E-state index in [1.165, 1.54) is 5.41 Å². The van der Waals surface area contributed by atoms with Gasteiger partial charge in [-0.1, -0.05) is 12.1 Å². The molecule has 1 aliphatic rings. The van der Waals surface area contributed by atoms with Crippen molar-refractivity contribution in [3.05, 3.63) is 34.7 Å². The molecule has 2 nitrogen and oxygen atoms in total. The van der Waals surface area contributed by atoms with Crippen molar-refractivity contribution >= 4 is 27.5 Å². The van der Waals surface area contributed by atoms with E-state index < -0.39 is 9.84 Å². The number of benzene rings is 1. The third-order valence-electron chi connectivity index (χ3n) is 1.97. The Morgan fingerprint density at radius 1 is 1.31 bits per heavy atom. The van der Waals surface area contributed by atoms with Crippen LogP contribution in [0.15, 0.2) is 28.5 Å². The summed E-state index contributed by atoms with van der Waals surface area (Å²) in [5, 5.41) is 1.22. The summed E-state index contributed by atoms with van der Waals surface area (Å²) in [5.41, 5.74) is 1.57. The topological polar surface area (TPSA) is 34.1 Å². The Bertz CT molecular complexity index is 474.